The molecule has 0 saturated heterocycles. The summed E-state index contributed by atoms with van der Waals surface area (Å²) in [6, 6.07) is 15.6. The first-order valence-corrected chi connectivity index (χ1v) is 8.82. The van der Waals surface area contributed by atoms with Gasteiger partial charge >= 0.3 is 0 Å². The van der Waals surface area contributed by atoms with Gasteiger partial charge in [-0.15, -0.1) is 0 Å². The molecule has 2 aromatic carbocycles. The number of hydrogen-bond acceptors (Lipinski definition) is 3. The Labute approximate surface area is 153 Å². The second-order valence-electron chi connectivity index (χ2n) is 6.67. The Morgan fingerprint density at radius 2 is 1.77 bits per heavy atom. The van der Waals surface area contributed by atoms with Gasteiger partial charge in [0.2, 0.25) is 5.91 Å². The highest BCUT2D eigenvalue weighted by Gasteiger charge is 2.15. The van der Waals surface area contributed by atoms with Crippen molar-refractivity contribution in [2.45, 2.75) is 33.3 Å². The van der Waals surface area contributed by atoms with Crippen LogP contribution >= 0.6 is 0 Å². The predicted octanol–water partition coefficient (Wildman–Crippen LogP) is 3.55. The van der Waals surface area contributed by atoms with Crippen LogP contribution in [0.4, 0.5) is 0 Å². The largest absolute Gasteiger partial charge is 0.387 e. The van der Waals surface area contributed by atoms with Crippen molar-refractivity contribution in [1.29, 1.82) is 0 Å². The van der Waals surface area contributed by atoms with Crippen molar-refractivity contribution in [3.63, 3.8) is 0 Å². The van der Waals surface area contributed by atoms with E-state index in [1.807, 2.05) is 69.3 Å². The summed E-state index contributed by atoms with van der Waals surface area (Å²) in [4.78, 5) is 17.0. The van der Waals surface area contributed by atoms with E-state index < -0.39 is 6.10 Å². The number of nitrogens with one attached hydrogen (secondary N) is 1. The molecule has 0 aliphatic carbocycles. The molecule has 1 heterocycles. The van der Waals surface area contributed by atoms with Crippen LogP contribution in [0.3, 0.4) is 0 Å². The number of carbonyl (C=O) groups is 1. The number of carbonyl (C=O) groups excluding carboxylic acids is 1. The number of amides is 1. The topological polar surface area (TPSA) is 62.2 Å². The van der Waals surface area contributed by atoms with Crippen LogP contribution in [0.5, 0.6) is 0 Å². The van der Waals surface area contributed by atoms with Crippen molar-refractivity contribution < 1.29 is 9.90 Å². The van der Waals surface area contributed by atoms with Crippen LogP contribution in [0, 0.1) is 20.8 Å². The van der Waals surface area contributed by atoms with E-state index in [0.717, 1.165) is 38.9 Å². The molecule has 3 aromatic rings. The Bertz CT molecular complexity index is 950. The molecule has 0 bridgehead atoms. The molecule has 1 amide bonds. The summed E-state index contributed by atoms with van der Waals surface area (Å²) in [7, 11) is 0. The van der Waals surface area contributed by atoms with Gasteiger partial charge in [0.05, 0.1) is 18.0 Å². The molecule has 0 aliphatic heterocycles. The minimum atomic E-state index is -0.711. The lowest BCUT2D eigenvalue weighted by Crippen LogP contribution is -2.30. The van der Waals surface area contributed by atoms with E-state index in [1.165, 1.54) is 0 Å². The lowest BCUT2D eigenvalue weighted by molar-refractivity contribution is -0.120. The van der Waals surface area contributed by atoms with Crippen molar-refractivity contribution in [2.24, 2.45) is 0 Å². The van der Waals surface area contributed by atoms with Crippen molar-refractivity contribution in [2.75, 3.05) is 6.54 Å². The summed E-state index contributed by atoms with van der Waals surface area (Å²) < 4.78 is 0. The zero-order valence-electron chi connectivity index (χ0n) is 15.4. The summed E-state index contributed by atoms with van der Waals surface area (Å²) in [6.45, 7) is 6.11. The van der Waals surface area contributed by atoms with E-state index >= 15 is 0 Å². The summed E-state index contributed by atoms with van der Waals surface area (Å²) in [5.74, 6) is -0.110. The molecule has 4 heteroatoms. The SMILES string of the molecule is Cc1ccccc1C(O)CNC(=O)Cc1c(C)nc2ccccc2c1C. The second-order valence-corrected chi connectivity index (χ2v) is 6.67. The molecule has 2 N–H and O–H groups in total. The Morgan fingerprint density at radius 3 is 2.54 bits per heavy atom. The number of fused-ring (bicyclic) bond motifs is 1. The van der Waals surface area contributed by atoms with Gasteiger partial charge in [0, 0.05) is 17.6 Å². The van der Waals surface area contributed by atoms with E-state index in [4.69, 9.17) is 0 Å². The van der Waals surface area contributed by atoms with Gasteiger partial charge in [-0.1, -0.05) is 42.5 Å². The number of aliphatic hydroxyl groups excluding tert-OH is 1. The summed E-state index contributed by atoms with van der Waals surface area (Å²) >= 11 is 0. The monoisotopic (exact) mass is 348 g/mol. The minimum absolute atomic E-state index is 0.110. The fourth-order valence-electron chi connectivity index (χ4n) is 3.33. The minimum Gasteiger partial charge on any atom is -0.387 e. The van der Waals surface area contributed by atoms with E-state index in [2.05, 4.69) is 10.3 Å². The normalized spacial score (nSPS) is 12.2. The van der Waals surface area contributed by atoms with Crippen LogP contribution in [0.15, 0.2) is 48.5 Å². The highest BCUT2D eigenvalue weighted by molar-refractivity contribution is 5.86. The van der Waals surface area contributed by atoms with Gasteiger partial charge in [0.25, 0.3) is 0 Å². The molecule has 0 saturated carbocycles. The summed E-state index contributed by atoms with van der Waals surface area (Å²) in [5, 5.41) is 14.3. The highest BCUT2D eigenvalue weighted by Crippen LogP contribution is 2.23. The Kier molecular flexibility index (Phi) is 5.33. The maximum absolute atomic E-state index is 12.4. The smallest absolute Gasteiger partial charge is 0.224 e. The molecule has 0 aliphatic rings. The maximum atomic E-state index is 12.4. The zero-order chi connectivity index (χ0) is 18.7. The van der Waals surface area contributed by atoms with Crippen LogP contribution < -0.4 is 5.32 Å². The Hall–Kier alpha value is -2.72. The molecule has 0 fully saturated rings. The van der Waals surface area contributed by atoms with Gasteiger partial charge in [-0.25, -0.2) is 0 Å². The Morgan fingerprint density at radius 1 is 1.08 bits per heavy atom. The average molecular weight is 348 g/mol. The van der Waals surface area contributed by atoms with E-state index in [1.54, 1.807) is 0 Å². The number of pyridine rings is 1. The molecule has 134 valence electrons. The van der Waals surface area contributed by atoms with Crippen molar-refractivity contribution in [3.8, 4) is 0 Å². The summed E-state index contributed by atoms with van der Waals surface area (Å²) in [5.41, 5.74) is 5.71. The first-order chi connectivity index (χ1) is 12.5. The lowest BCUT2D eigenvalue weighted by atomic mass is 9.99. The van der Waals surface area contributed by atoms with Gasteiger partial charge in [-0.3, -0.25) is 9.78 Å². The first kappa shape index (κ1) is 18.1. The molecule has 3 rings (SSSR count). The number of aryl methyl sites for hydroxylation is 3. The van der Waals surface area contributed by atoms with Gasteiger partial charge in [0.15, 0.2) is 0 Å². The fraction of sp³-hybridized carbons (Fsp3) is 0.273. The lowest BCUT2D eigenvalue weighted by Gasteiger charge is -2.16. The molecule has 1 unspecified atom stereocenters. The van der Waals surface area contributed by atoms with E-state index in [-0.39, 0.29) is 18.9 Å². The van der Waals surface area contributed by atoms with Gasteiger partial charge in [-0.2, -0.15) is 0 Å². The van der Waals surface area contributed by atoms with E-state index in [0.29, 0.717) is 0 Å². The number of hydrogen-bond donors (Lipinski definition) is 2. The van der Waals surface area contributed by atoms with Crippen LogP contribution in [-0.4, -0.2) is 22.5 Å². The van der Waals surface area contributed by atoms with Crippen molar-refractivity contribution in [3.05, 3.63) is 76.5 Å². The first-order valence-electron chi connectivity index (χ1n) is 8.82. The molecule has 26 heavy (non-hydrogen) atoms. The third kappa shape index (κ3) is 3.75. The van der Waals surface area contributed by atoms with Gasteiger partial charge < -0.3 is 10.4 Å². The number of nitrogens with zero attached hydrogens (tertiary/aromatic N) is 1. The third-order valence-electron chi connectivity index (χ3n) is 4.86. The molecule has 1 aromatic heterocycles. The molecule has 0 radical (unpaired) electrons. The number of para-hydroxylation sites is 1. The average Bonchev–Trinajstić information content (AvgIpc) is 2.63. The van der Waals surface area contributed by atoms with Crippen LogP contribution in [0.1, 0.15) is 34.1 Å². The summed E-state index contributed by atoms with van der Waals surface area (Å²) in [6.07, 6.45) is -0.451. The molecular weight excluding hydrogens is 324 g/mol. The standard InChI is InChI=1S/C22H24N2O2/c1-14-8-4-5-9-17(14)21(25)13-23-22(26)12-19-15(2)18-10-6-7-11-20(18)24-16(19)3/h4-11,21,25H,12-13H2,1-3H3,(H,23,26). The van der Waals surface area contributed by atoms with Crippen LogP contribution in [0.25, 0.3) is 10.9 Å². The van der Waals surface area contributed by atoms with Gasteiger partial charge in [-0.05, 0) is 49.1 Å². The molecule has 1 atom stereocenters. The quantitative estimate of drug-likeness (QED) is 0.741. The van der Waals surface area contributed by atoms with Crippen molar-refractivity contribution >= 4 is 16.8 Å². The number of rotatable bonds is 5. The van der Waals surface area contributed by atoms with Crippen LogP contribution in [-0.2, 0) is 11.2 Å². The predicted molar refractivity (Wildman–Crippen MR) is 104 cm³/mol. The number of aromatic nitrogens is 1. The molecule has 0 spiro atoms. The van der Waals surface area contributed by atoms with Crippen molar-refractivity contribution in [1.82, 2.24) is 10.3 Å². The maximum Gasteiger partial charge on any atom is 0.224 e. The number of aliphatic hydroxyl groups is 1. The second kappa shape index (κ2) is 7.67. The fourth-order valence-corrected chi connectivity index (χ4v) is 3.33. The Balaban J connectivity index is 1.71. The molecular formula is C22H24N2O2. The van der Waals surface area contributed by atoms with E-state index in [9.17, 15) is 9.90 Å². The highest BCUT2D eigenvalue weighted by atomic mass is 16.3. The molecule has 4 nitrogen and oxygen atoms in total. The van der Waals surface area contributed by atoms with Gasteiger partial charge in [0.1, 0.15) is 0 Å². The zero-order valence-corrected chi connectivity index (χ0v) is 15.4. The third-order valence-corrected chi connectivity index (χ3v) is 4.86. The van der Waals surface area contributed by atoms with Crippen LogP contribution in [0.2, 0.25) is 0 Å². The number of benzene rings is 2.